The number of hydrogen-bond donors (Lipinski definition) is 1. The number of ether oxygens (including phenoxy) is 1. The van der Waals surface area contributed by atoms with E-state index >= 15 is 0 Å². The van der Waals surface area contributed by atoms with E-state index < -0.39 is 0 Å². The fraction of sp³-hybridized carbons (Fsp3) is 0.435. The number of hydrogen-bond acceptors (Lipinski definition) is 3. The molecule has 3 heterocycles. The first kappa shape index (κ1) is 16.8. The summed E-state index contributed by atoms with van der Waals surface area (Å²) in [4.78, 5) is 15.1. The van der Waals surface area contributed by atoms with Gasteiger partial charge in [-0.05, 0) is 48.8 Å². The summed E-state index contributed by atoms with van der Waals surface area (Å²) in [6, 6.07) is 19.2. The number of nitrogens with one attached hydrogen (secondary N) is 1. The number of carbonyl (C=O) groups excluding carboxylic acids is 1. The van der Waals surface area contributed by atoms with Crippen LogP contribution in [0.4, 0.5) is 4.79 Å². The number of carbonyl (C=O) groups is 1. The van der Waals surface area contributed by atoms with Crippen molar-refractivity contribution in [2.75, 3.05) is 6.54 Å². The fourth-order valence-electron chi connectivity index (χ4n) is 5.02. The summed E-state index contributed by atoms with van der Waals surface area (Å²) < 4.78 is 6.01. The molecule has 2 aromatic carbocycles. The third kappa shape index (κ3) is 3.12. The maximum atomic E-state index is 13.2. The zero-order valence-corrected chi connectivity index (χ0v) is 15.5. The van der Waals surface area contributed by atoms with Crippen molar-refractivity contribution in [3.8, 4) is 0 Å². The Bertz CT molecular complexity index is 814. The molecule has 3 fully saturated rings. The molecule has 4 aliphatic rings. The highest BCUT2D eigenvalue weighted by atomic mass is 16.6. The topological polar surface area (TPSA) is 41.6 Å². The zero-order valence-electron chi connectivity index (χ0n) is 15.5. The van der Waals surface area contributed by atoms with Crippen LogP contribution in [0.2, 0.25) is 0 Å². The van der Waals surface area contributed by atoms with E-state index in [1.54, 1.807) is 0 Å². The minimum atomic E-state index is -0.191. The quantitative estimate of drug-likeness (QED) is 0.868. The summed E-state index contributed by atoms with van der Waals surface area (Å²) in [6.45, 7) is 0.691. The SMILES string of the molecule is O=C(OC1NC2CCC1CC2)N1CCc2ccccc2[C@@H]1c1ccccc1. The van der Waals surface area contributed by atoms with Crippen LogP contribution in [0, 0.1) is 5.92 Å². The lowest BCUT2D eigenvalue weighted by Crippen LogP contribution is -2.55. The van der Waals surface area contributed by atoms with Gasteiger partial charge < -0.3 is 4.74 Å². The molecule has 1 N–H and O–H groups in total. The zero-order chi connectivity index (χ0) is 18.2. The second-order valence-corrected chi connectivity index (χ2v) is 8.04. The molecule has 2 saturated heterocycles. The number of amides is 1. The Morgan fingerprint density at radius 1 is 0.963 bits per heavy atom. The Morgan fingerprint density at radius 3 is 2.44 bits per heavy atom. The van der Waals surface area contributed by atoms with Crippen LogP contribution < -0.4 is 5.32 Å². The molecule has 1 aliphatic carbocycles. The highest BCUT2D eigenvalue weighted by molar-refractivity contribution is 5.70. The van der Waals surface area contributed by atoms with Crippen LogP contribution >= 0.6 is 0 Å². The lowest BCUT2D eigenvalue weighted by molar-refractivity contribution is -0.0376. The summed E-state index contributed by atoms with van der Waals surface area (Å²) in [5.74, 6) is 0.464. The van der Waals surface area contributed by atoms with E-state index in [0.717, 1.165) is 12.0 Å². The van der Waals surface area contributed by atoms with Gasteiger partial charge in [-0.25, -0.2) is 4.79 Å². The van der Waals surface area contributed by atoms with Gasteiger partial charge in [-0.1, -0.05) is 54.6 Å². The van der Waals surface area contributed by atoms with Gasteiger partial charge in [0.15, 0.2) is 6.23 Å². The first-order chi connectivity index (χ1) is 13.3. The summed E-state index contributed by atoms with van der Waals surface area (Å²) in [5, 5.41) is 3.53. The number of benzene rings is 2. The van der Waals surface area contributed by atoms with Gasteiger partial charge in [-0.15, -0.1) is 0 Å². The van der Waals surface area contributed by atoms with Gasteiger partial charge >= 0.3 is 6.09 Å². The number of fused-ring (bicyclic) bond motifs is 4. The first-order valence-electron chi connectivity index (χ1n) is 10.2. The Labute approximate surface area is 160 Å². The Kier molecular flexibility index (Phi) is 4.36. The van der Waals surface area contributed by atoms with Crippen molar-refractivity contribution in [1.82, 2.24) is 10.2 Å². The van der Waals surface area contributed by atoms with E-state index in [9.17, 15) is 4.79 Å². The lowest BCUT2D eigenvalue weighted by atomic mass is 9.80. The van der Waals surface area contributed by atoms with Gasteiger partial charge in [0.1, 0.15) is 0 Å². The standard InChI is InChI=1S/C23H26N2O2/c26-23(27-22-18-10-12-19(24-22)13-11-18)25-15-14-16-6-4-5-9-20(16)21(25)17-7-2-1-3-8-17/h1-9,18-19,21-22,24H,10-15H2/t18?,19?,21-,22?/m0/s1. The van der Waals surface area contributed by atoms with Crippen LogP contribution in [0.25, 0.3) is 0 Å². The molecule has 0 aromatic heterocycles. The van der Waals surface area contributed by atoms with E-state index in [4.69, 9.17) is 4.74 Å². The first-order valence-corrected chi connectivity index (χ1v) is 10.2. The van der Waals surface area contributed by atoms with Crippen LogP contribution in [0.15, 0.2) is 54.6 Å². The van der Waals surface area contributed by atoms with E-state index in [2.05, 4.69) is 41.7 Å². The monoisotopic (exact) mass is 362 g/mol. The highest BCUT2D eigenvalue weighted by Gasteiger charge is 2.40. The Balaban J connectivity index is 1.43. The van der Waals surface area contributed by atoms with Crippen molar-refractivity contribution in [2.24, 2.45) is 5.92 Å². The van der Waals surface area contributed by atoms with Crippen LogP contribution in [0.1, 0.15) is 48.4 Å². The van der Waals surface area contributed by atoms with Crippen molar-refractivity contribution in [1.29, 1.82) is 0 Å². The van der Waals surface area contributed by atoms with Crippen molar-refractivity contribution in [2.45, 2.75) is 50.4 Å². The minimum Gasteiger partial charge on any atom is -0.430 e. The Hall–Kier alpha value is -2.33. The largest absolute Gasteiger partial charge is 0.430 e. The van der Waals surface area contributed by atoms with Crippen LogP contribution in [0.3, 0.4) is 0 Å². The van der Waals surface area contributed by atoms with Crippen LogP contribution in [0.5, 0.6) is 0 Å². The molecule has 0 spiro atoms. The molecule has 2 bridgehead atoms. The molecule has 6 rings (SSSR count). The molecule has 2 aromatic rings. The van der Waals surface area contributed by atoms with Gasteiger partial charge in [0.05, 0.1) is 6.04 Å². The van der Waals surface area contributed by atoms with E-state index in [1.165, 1.54) is 36.8 Å². The van der Waals surface area contributed by atoms with Gasteiger partial charge in [0.2, 0.25) is 0 Å². The molecule has 140 valence electrons. The normalized spacial score (nSPS) is 29.3. The van der Waals surface area contributed by atoms with Gasteiger partial charge in [0, 0.05) is 18.5 Å². The average Bonchev–Trinajstić information content (AvgIpc) is 2.74. The molecule has 1 unspecified atom stereocenters. The van der Waals surface area contributed by atoms with E-state index in [0.29, 0.717) is 18.5 Å². The van der Waals surface area contributed by atoms with Crippen LogP contribution in [-0.2, 0) is 11.2 Å². The molecule has 1 amide bonds. The Morgan fingerprint density at radius 2 is 1.70 bits per heavy atom. The van der Waals surface area contributed by atoms with E-state index in [-0.39, 0.29) is 18.4 Å². The summed E-state index contributed by atoms with van der Waals surface area (Å²) in [7, 11) is 0. The second kappa shape index (κ2) is 7.01. The van der Waals surface area contributed by atoms with E-state index in [1.807, 2.05) is 23.1 Å². The lowest BCUT2D eigenvalue weighted by Gasteiger charge is -2.44. The molecular weight excluding hydrogens is 336 g/mol. The smallest absolute Gasteiger partial charge is 0.412 e. The van der Waals surface area contributed by atoms with Crippen molar-refractivity contribution < 1.29 is 9.53 Å². The predicted octanol–water partition coefficient (Wildman–Crippen LogP) is 4.26. The van der Waals surface area contributed by atoms with Crippen molar-refractivity contribution >= 4 is 6.09 Å². The summed E-state index contributed by atoms with van der Waals surface area (Å²) in [6.07, 6.45) is 5.31. The van der Waals surface area contributed by atoms with Gasteiger partial charge in [-0.3, -0.25) is 10.2 Å². The fourth-order valence-corrected chi connectivity index (χ4v) is 5.02. The maximum absolute atomic E-state index is 13.2. The second-order valence-electron chi connectivity index (χ2n) is 8.04. The third-order valence-electron chi connectivity index (χ3n) is 6.46. The number of piperidine rings is 2. The molecule has 27 heavy (non-hydrogen) atoms. The van der Waals surface area contributed by atoms with Crippen LogP contribution in [-0.4, -0.2) is 29.8 Å². The summed E-state index contributed by atoms with van der Waals surface area (Å²) >= 11 is 0. The highest BCUT2D eigenvalue weighted by Crippen LogP contribution is 2.37. The van der Waals surface area contributed by atoms with Crippen molar-refractivity contribution in [3.05, 3.63) is 71.3 Å². The number of rotatable bonds is 2. The number of nitrogens with zero attached hydrogens (tertiary/aromatic N) is 1. The molecule has 0 radical (unpaired) electrons. The van der Waals surface area contributed by atoms with Gasteiger partial charge in [0.25, 0.3) is 0 Å². The molecule has 3 aliphatic heterocycles. The average molecular weight is 362 g/mol. The summed E-state index contributed by atoms with van der Waals surface area (Å²) in [5.41, 5.74) is 3.68. The molecule has 1 saturated carbocycles. The molecule has 2 atom stereocenters. The van der Waals surface area contributed by atoms with Crippen molar-refractivity contribution in [3.63, 3.8) is 0 Å². The predicted molar refractivity (Wildman–Crippen MR) is 104 cm³/mol. The molecular formula is C23H26N2O2. The minimum absolute atomic E-state index is 0.0792. The third-order valence-corrected chi connectivity index (χ3v) is 6.46. The molecule has 4 nitrogen and oxygen atoms in total. The molecule has 4 heteroatoms. The maximum Gasteiger partial charge on any atom is 0.412 e. The van der Waals surface area contributed by atoms with Gasteiger partial charge in [-0.2, -0.15) is 0 Å².